The molecule has 0 aromatic carbocycles. The van der Waals surface area contributed by atoms with Crippen LogP contribution in [0.25, 0.3) is 0 Å². The Balaban J connectivity index is 0.00000441. The molecule has 0 aromatic rings. The molecule has 1 fully saturated rings. The van der Waals surface area contributed by atoms with Crippen molar-refractivity contribution < 1.29 is 9.53 Å². The predicted octanol–water partition coefficient (Wildman–Crippen LogP) is 1.50. The number of aliphatic imine (C=N–C) groups is 1. The van der Waals surface area contributed by atoms with Crippen LogP contribution in [0.2, 0.25) is 0 Å². The number of guanidine groups is 1. The molecule has 7 heteroatoms. The molecule has 0 aliphatic heterocycles. The molecule has 0 atom stereocenters. The van der Waals surface area contributed by atoms with Gasteiger partial charge in [-0.15, -0.1) is 24.0 Å². The van der Waals surface area contributed by atoms with E-state index in [4.69, 9.17) is 4.74 Å². The number of carbonyl (C=O) groups is 1. The second-order valence-corrected chi connectivity index (χ2v) is 6.35. The Labute approximate surface area is 151 Å². The van der Waals surface area contributed by atoms with Gasteiger partial charge >= 0.3 is 0 Å². The summed E-state index contributed by atoms with van der Waals surface area (Å²) in [4.78, 5) is 15.8. The zero-order valence-electron chi connectivity index (χ0n) is 14.2. The lowest BCUT2D eigenvalue weighted by Gasteiger charge is -2.35. The van der Waals surface area contributed by atoms with Gasteiger partial charge in [0.05, 0.1) is 13.2 Å². The molecule has 6 nitrogen and oxygen atoms in total. The Kier molecular flexibility index (Phi) is 10.8. The number of nitrogens with zero attached hydrogens (tertiary/aromatic N) is 1. The highest BCUT2D eigenvalue weighted by atomic mass is 127. The third-order valence-electron chi connectivity index (χ3n) is 3.95. The summed E-state index contributed by atoms with van der Waals surface area (Å²) in [7, 11) is 3.34. The summed E-state index contributed by atoms with van der Waals surface area (Å²) in [5.74, 6) is 0.640. The van der Waals surface area contributed by atoms with Crippen molar-refractivity contribution in [2.24, 2.45) is 10.4 Å². The van der Waals surface area contributed by atoms with E-state index >= 15 is 0 Å². The molecule has 0 bridgehead atoms. The molecule has 0 saturated heterocycles. The van der Waals surface area contributed by atoms with E-state index in [1.54, 1.807) is 14.2 Å². The van der Waals surface area contributed by atoms with Crippen LogP contribution in [0.3, 0.4) is 0 Å². The number of amides is 1. The molecule has 0 heterocycles. The Morgan fingerprint density at radius 1 is 1.27 bits per heavy atom. The molecule has 1 rings (SSSR count). The van der Waals surface area contributed by atoms with Crippen LogP contribution in [0.15, 0.2) is 4.99 Å². The van der Waals surface area contributed by atoms with Gasteiger partial charge in [0.25, 0.3) is 0 Å². The summed E-state index contributed by atoms with van der Waals surface area (Å²) in [5.41, 5.74) is 0.455. The molecule has 0 aromatic heterocycles. The first-order valence-corrected chi connectivity index (χ1v) is 7.69. The van der Waals surface area contributed by atoms with Crippen LogP contribution in [0, 0.1) is 5.41 Å². The number of methoxy groups -OCH3 is 1. The minimum Gasteiger partial charge on any atom is -0.383 e. The summed E-state index contributed by atoms with van der Waals surface area (Å²) >= 11 is 0. The summed E-state index contributed by atoms with van der Waals surface area (Å²) < 4.78 is 4.89. The first kappa shape index (κ1) is 21.4. The molecule has 3 N–H and O–H groups in total. The van der Waals surface area contributed by atoms with Crippen LogP contribution >= 0.6 is 24.0 Å². The van der Waals surface area contributed by atoms with E-state index in [1.807, 2.05) is 0 Å². The monoisotopic (exact) mass is 426 g/mol. The lowest BCUT2D eigenvalue weighted by molar-refractivity contribution is -0.120. The lowest BCUT2D eigenvalue weighted by Crippen LogP contribution is -2.48. The van der Waals surface area contributed by atoms with E-state index < -0.39 is 0 Å². The normalized spacial score (nSPS) is 18.3. The Bertz CT molecular complexity index is 351. The Morgan fingerprint density at radius 3 is 2.45 bits per heavy atom. The fourth-order valence-electron chi connectivity index (χ4n) is 2.45. The van der Waals surface area contributed by atoms with E-state index in [9.17, 15) is 4.79 Å². The molecule has 0 radical (unpaired) electrons. The number of rotatable bonds is 6. The third-order valence-corrected chi connectivity index (χ3v) is 3.95. The molecule has 1 amide bonds. The van der Waals surface area contributed by atoms with E-state index in [0.717, 1.165) is 12.8 Å². The molecule has 0 unspecified atom stereocenters. The lowest BCUT2D eigenvalue weighted by atomic mass is 9.75. The maximum Gasteiger partial charge on any atom is 0.239 e. The quantitative estimate of drug-likeness (QED) is 0.261. The average Bonchev–Trinajstić information content (AvgIpc) is 2.45. The second-order valence-electron chi connectivity index (χ2n) is 6.35. The van der Waals surface area contributed by atoms with Gasteiger partial charge in [-0.25, -0.2) is 0 Å². The zero-order chi connectivity index (χ0) is 15.7. The maximum absolute atomic E-state index is 11.6. The fraction of sp³-hybridized carbons (Fsp3) is 0.867. The number of carbonyl (C=O) groups excluding carboxylic acids is 1. The van der Waals surface area contributed by atoms with Crippen molar-refractivity contribution >= 4 is 35.8 Å². The molecule has 1 saturated carbocycles. The summed E-state index contributed by atoms with van der Waals surface area (Å²) in [6.07, 6.45) is 4.74. The van der Waals surface area contributed by atoms with Crippen LogP contribution in [0.4, 0.5) is 0 Å². The summed E-state index contributed by atoms with van der Waals surface area (Å²) in [6, 6.07) is 0.445. The average molecular weight is 426 g/mol. The molecular formula is C15H31IN4O2. The maximum atomic E-state index is 11.6. The van der Waals surface area contributed by atoms with Crippen molar-refractivity contribution in [1.29, 1.82) is 0 Å². The SMILES string of the molecule is CN=C(NCC(=O)NCCOC)NC1CCC(C)(C)CC1.I. The summed E-state index contributed by atoms with van der Waals surface area (Å²) in [6.45, 7) is 5.92. The van der Waals surface area contributed by atoms with Gasteiger partial charge in [-0.1, -0.05) is 13.8 Å². The molecule has 1 aliphatic rings. The molecule has 130 valence electrons. The van der Waals surface area contributed by atoms with Crippen molar-refractivity contribution in [2.45, 2.75) is 45.6 Å². The highest BCUT2D eigenvalue weighted by molar-refractivity contribution is 14.0. The molecule has 1 aliphatic carbocycles. The zero-order valence-corrected chi connectivity index (χ0v) is 16.5. The van der Waals surface area contributed by atoms with Gasteiger partial charge in [-0.3, -0.25) is 9.79 Å². The number of halogens is 1. The van der Waals surface area contributed by atoms with Gasteiger partial charge < -0.3 is 20.7 Å². The van der Waals surface area contributed by atoms with Gasteiger partial charge in [-0.05, 0) is 31.1 Å². The van der Waals surface area contributed by atoms with Gasteiger partial charge in [0.1, 0.15) is 0 Å². The highest BCUT2D eigenvalue weighted by Gasteiger charge is 2.27. The van der Waals surface area contributed by atoms with E-state index in [1.165, 1.54) is 12.8 Å². The Morgan fingerprint density at radius 2 is 1.91 bits per heavy atom. The van der Waals surface area contributed by atoms with Crippen LogP contribution in [-0.4, -0.2) is 51.8 Å². The van der Waals surface area contributed by atoms with Crippen molar-refractivity contribution in [1.82, 2.24) is 16.0 Å². The largest absolute Gasteiger partial charge is 0.383 e. The summed E-state index contributed by atoms with van der Waals surface area (Å²) in [5, 5.41) is 9.22. The first-order chi connectivity index (χ1) is 9.96. The highest BCUT2D eigenvalue weighted by Crippen LogP contribution is 2.34. The number of ether oxygens (including phenoxy) is 1. The van der Waals surface area contributed by atoms with Gasteiger partial charge in [-0.2, -0.15) is 0 Å². The molecule has 22 heavy (non-hydrogen) atoms. The third kappa shape index (κ3) is 8.77. The topological polar surface area (TPSA) is 74.8 Å². The van der Waals surface area contributed by atoms with Crippen LogP contribution in [-0.2, 0) is 9.53 Å². The second kappa shape index (κ2) is 11.0. The predicted molar refractivity (Wildman–Crippen MR) is 101 cm³/mol. The van der Waals surface area contributed by atoms with Crippen molar-refractivity contribution in [3.8, 4) is 0 Å². The molecular weight excluding hydrogens is 395 g/mol. The minimum atomic E-state index is -0.0558. The molecule has 0 spiro atoms. The van der Waals surface area contributed by atoms with Crippen molar-refractivity contribution in [3.05, 3.63) is 0 Å². The van der Waals surface area contributed by atoms with Crippen molar-refractivity contribution in [3.63, 3.8) is 0 Å². The first-order valence-electron chi connectivity index (χ1n) is 7.69. The van der Waals surface area contributed by atoms with Crippen LogP contribution in [0.5, 0.6) is 0 Å². The number of hydrogen-bond donors (Lipinski definition) is 3. The van der Waals surface area contributed by atoms with E-state index in [2.05, 4.69) is 34.8 Å². The fourth-order valence-corrected chi connectivity index (χ4v) is 2.45. The number of hydrogen-bond acceptors (Lipinski definition) is 3. The van der Waals surface area contributed by atoms with Crippen molar-refractivity contribution in [2.75, 3.05) is 33.9 Å². The van der Waals surface area contributed by atoms with E-state index in [0.29, 0.717) is 30.6 Å². The van der Waals surface area contributed by atoms with Gasteiger partial charge in [0.15, 0.2) is 5.96 Å². The van der Waals surface area contributed by atoms with Gasteiger partial charge in [0, 0.05) is 26.7 Å². The smallest absolute Gasteiger partial charge is 0.239 e. The van der Waals surface area contributed by atoms with Crippen LogP contribution in [0.1, 0.15) is 39.5 Å². The minimum absolute atomic E-state index is 0. The van der Waals surface area contributed by atoms with E-state index in [-0.39, 0.29) is 36.4 Å². The number of nitrogens with one attached hydrogen (secondary N) is 3. The Hall–Kier alpha value is -0.570. The standard InChI is InChI=1S/C15H30N4O2.HI/c1-15(2)7-5-12(6-8-15)19-14(16-3)18-11-13(20)17-9-10-21-4;/h12H,5-11H2,1-4H3,(H,17,20)(H2,16,18,19);1H. The van der Waals surface area contributed by atoms with Gasteiger partial charge in [0.2, 0.25) is 5.91 Å². The van der Waals surface area contributed by atoms with Crippen LogP contribution < -0.4 is 16.0 Å².